The molecule has 2 heterocycles. The van der Waals surface area contributed by atoms with Crippen molar-refractivity contribution in [1.82, 2.24) is 10.3 Å². The number of carbonyl (C=O) groups excluding carboxylic acids is 2. The molecule has 1 N–H and O–H groups in total. The van der Waals surface area contributed by atoms with Gasteiger partial charge < -0.3 is 10.1 Å². The minimum absolute atomic E-state index is 0.167. The van der Waals surface area contributed by atoms with E-state index in [1.807, 2.05) is 0 Å². The molecular weight excluding hydrogens is 264 g/mol. The van der Waals surface area contributed by atoms with Gasteiger partial charge in [-0.15, -0.1) is 11.3 Å². The van der Waals surface area contributed by atoms with Gasteiger partial charge in [0.1, 0.15) is 15.4 Å². The predicted octanol–water partition coefficient (Wildman–Crippen LogP) is 1.33. The first-order valence-corrected chi connectivity index (χ1v) is 6.38. The molecule has 1 aliphatic rings. The Kier molecular flexibility index (Phi) is 3.63. The van der Waals surface area contributed by atoms with Crippen LogP contribution in [0.4, 0.5) is 0 Å². The highest BCUT2D eigenvalue weighted by Crippen LogP contribution is 2.33. The van der Waals surface area contributed by atoms with Gasteiger partial charge in [-0.2, -0.15) is 0 Å². The van der Waals surface area contributed by atoms with Crippen LogP contribution in [0.2, 0.25) is 4.34 Å². The fourth-order valence-corrected chi connectivity index (χ4v) is 2.84. The number of nitrogens with one attached hydrogen (secondary N) is 1. The highest BCUT2D eigenvalue weighted by atomic mass is 35.5. The molecule has 5 nitrogen and oxygen atoms in total. The molecule has 0 aliphatic carbocycles. The molecule has 0 saturated carbocycles. The molecule has 2 unspecified atom stereocenters. The fourth-order valence-electron chi connectivity index (χ4n) is 1.77. The highest BCUT2D eigenvalue weighted by molar-refractivity contribution is 7.15. The van der Waals surface area contributed by atoms with E-state index in [-0.39, 0.29) is 24.9 Å². The van der Waals surface area contributed by atoms with Crippen molar-refractivity contribution in [2.45, 2.75) is 25.3 Å². The Balaban J connectivity index is 2.19. The summed E-state index contributed by atoms with van der Waals surface area (Å²) in [7, 11) is 0. The Labute approximate surface area is 107 Å². The third-order valence-corrected chi connectivity index (χ3v) is 3.72. The van der Waals surface area contributed by atoms with Crippen LogP contribution in [-0.4, -0.2) is 29.5 Å². The average molecular weight is 275 g/mol. The number of aromatic nitrogens is 1. The van der Waals surface area contributed by atoms with Crippen LogP contribution in [-0.2, 0) is 14.3 Å². The zero-order chi connectivity index (χ0) is 12.4. The highest BCUT2D eigenvalue weighted by Gasteiger charge is 2.40. The lowest BCUT2D eigenvalue weighted by Crippen LogP contribution is -2.37. The second-order valence-corrected chi connectivity index (χ2v) is 5.30. The molecule has 1 amide bonds. The number of halogens is 1. The summed E-state index contributed by atoms with van der Waals surface area (Å²) in [5.74, 6) is -0.868. The Hall–Kier alpha value is -1.14. The number of thiazole rings is 1. The third-order valence-electron chi connectivity index (χ3n) is 2.48. The maximum Gasteiger partial charge on any atom is 0.329 e. The lowest BCUT2D eigenvalue weighted by Gasteiger charge is -2.14. The van der Waals surface area contributed by atoms with Gasteiger partial charge in [0.15, 0.2) is 0 Å². The largest absolute Gasteiger partial charge is 0.464 e. The van der Waals surface area contributed by atoms with Gasteiger partial charge in [0.05, 0.1) is 18.7 Å². The summed E-state index contributed by atoms with van der Waals surface area (Å²) in [6.07, 6.45) is 1.76. The van der Waals surface area contributed by atoms with E-state index in [1.54, 1.807) is 6.92 Å². The molecule has 0 aromatic carbocycles. The molecule has 1 saturated heterocycles. The quantitative estimate of drug-likeness (QED) is 0.845. The molecule has 17 heavy (non-hydrogen) atoms. The number of rotatable bonds is 3. The van der Waals surface area contributed by atoms with Crippen LogP contribution in [0, 0.1) is 0 Å². The number of hydrogen-bond acceptors (Lipinski definition) is 5. The number of esters is 1. The molecule has 92 valence electrons. The van der Waals surface area contributed by atoms with Gasteiger partial charge in [-0.25, -0.2) is 9.78 Å². The van der Waals surface area contributed by atoms with E-state index >= 15 is 0 Å². The number of nitrogens with zero attached hydrogens (tertiary/aromatic N) is 1. The van der Waals surface area contributed by atoms with E-state index in [4.69, 9.17) is 16.3 Å². The van der Waals surface area contributed by atoms with Crippen LogP contribution in [0.15, 0.2) is 6.20 Å². The predicted molar refractivity (Wildman–Crippen MR) is 63.0 cm³/mol. The summed E-state index contributed by atoms with van der Waals surface area (Å²) >= 11 is 7.08. The number of hydrogen-bond donors (Lipinski definition) is 1. The Morgan fingerprint density at radius 2 is 2.53 bits per heavy atom. The maximum absolute atomic E-state index is 11.7. The van der Waals surface area contributed by atoms with Crippen LogP contribution in [0.3, 0.4) is 0 Å². The minimum Gasteiger partial charge on any atom is -0.464 e. The zero-order valence-corrected chi connectivity index (χ0v) is 10.7. The molecular formula is C10H11ClN2O3S. The average Bonchev–Trinajstić information content (AvgIpc) is 2.84. The summed E-state index contributed by atoms with van der Waals surface area (Å²) in [6, 6.07) is -0.648. The van der Waals surface area contributed by atoms with E-state index in [0.29, 0.717) is 9.34 Å². The topological polar surface area (TPSA) is 68.3 Å². The van der Waals surface area contributed by atoms with Crippen LogP contribution in [0.5, 0.6) is 0 Å². The third kappa shape index (κ3) is 2.58. The molecule has 1 aliphatic heterocycles. The van der Waals surface area contributed by atoms with Gasteiger partial charge in [0, 0.05) is 6.42 Å². The van der Waals surface area contributed by atoms with Gasteiger partial charge in [-0.3, -0.25) is 4.79 Å². The molecule has 1 fully saturated rings. The summed E-state index contributed by atoms with van der Waals surface area (Å²) in [5.41, 5.74) is 0. The molecule has 1 aromatic heterocycles. The van der Waals surface area contributed by atoms with E-state index in [2.05, 4.69) is 10.3 Å². The molecule has 0 radical (unpaired) electrons. The summed E-state index contributed by atoms with van der Waals surface area (Å²) < 4.78 is 5.47. The number of carbonyl (C=O) groups is 2. The fraction of sp³-hybridized carbons (Fsp3) is 0.500. The maximum atomic E-state index is 11.7. The second kappa shape index (κ2) is 5.01. The lowest BCUT2D eigenvalue weighted by molar-refractivity contribution is -0.146. The summed E-state index contributed by atoms with van der Waals surface area (Å²) in [6.45, 7) is 2.01. The summed E-state index contributed by atoms with van der Waals surface area (Å²) in [5, 5.41) is 3.29. The standard InChI is InChI=1S/C10H11ClN2O3S/c1-2-16-10(15)8-5(3-7(14)13-8)9-12-4-6(11)17-9/h4-5,8H,2-3H2,1H3,(H,13,14). The molecule has 2 rings (SSSR count). The Morgan fingerprint density at radius 3 is 3.12 bits per heavy atom. The first kappa shape index (κ1) is 12.3. The van der Waals surface area contributed by atoms with Crippen LogP contribution in [0.25, 0.3) is 0 Å². The second-order valence-electron chi connectivity index (χ2n) is 3.61. The van der Waals surface area contributed by atoms with E-state index < -0.39 is 12.0 Å². The molecule has 2 atom stereocenters. The van der Waals surface area contributed by atoms with Crippen molar-refractivity contribution in [2.24, 2.45) is 0 Å². The van der Waals surface area contributed by atoms with Crippen molar-refractivity contribution in [3.05, 3.63) is 15.5 Å². The molecule has 7 heteroatoms. The lowest BCUT2D eigenvalue weighted by atomic mass is 10.0. The Bertz CT molecular complexity index is 449. The Morgan fingerprint density at radius 1 is 1.76 bits per heavy atom. The molecule has 1 aromatic rings. The van der Waals surface area contributed by atoms with Crippen molar-refractivity contribution in [2.75, 3.05) is 6.61 Å². The molecule has 0 spiro atoms. The van der Waals surface area contributed by atoms with Crippen LogP contribution in [0.1, 0.15) is 24.3 Å². The smallest absolute Gasteiger partial charge is 0.329 e. The van der Waals surface area contributed by atoms with Gasteiger partial charge in [-0.1, -0.05) is 11.6 Å². The molecule has 0 bridgehead atoms. The van der Waals surface area contributed by atoms with Crippen LogP contribution >= 0.6 is 22.9 Å². The van der Waals surface area contributed by atoms with Crippen molar-refractivity contribution in [3.8, 4) is 0 Å². The van der Waals surface area contributed by atoms with Crippen molar-refractivity contribution >= 4 is 34.8 Å². The normalized spacial score (nSPS) is 23.5. The van der Waals surface area contributed by atoms with Crippen LogP contribution < -0.4 is 5.32 Å². The SMILES string of the molecule is CCOC(=O)C1NC(=O)CC1c1ncc(Cl)s1. The van der Waals surface area contributed by atoms with E-state index in [9.17, 15) is 9.59 Å². The van der Waals surface area contributed by atoms with Crippen molar-refractivity contribution in [1.29, 1.82) is 0 Å². The first-order chi connectivity index (χ1) is 8.11. The van der Waals surface area contributed by atoms with Crippen molar-refractivity contribution < 1.29 is 14.3 Å². The van der Waals surface area contributed by atoms with E-state index in [1.165, 1.54) is 17.5 Å². The van der Waals surface area contributed by atoms with Crippen molar-refractivity contribution in [3.63, 3.8) is 0 Å². The number of ether oxygens (including phenoxy) is 1. The van der Waals surface area contributed by atoms with Gasteiger partial charge in [0.25, 0.3) is 0 Å². The zero-order valence-electron chi connectivity index (χ0n) is 9.10. The van der Waals surface area contributed by atoms with Gasteiger partial charge >= 0.3 is 5.97 Å². The number of amides is 1. The monoisotopic (exact) mass is 274 g/mol. The van der Waals surface area contributed by atoms with Gasteiger partial charge in [0.2, 0.25) is 5.91 Å². The first-order valence-electron chi connectivity index (χ1n) is 5.19. The van der Waals surface area contributed by atoms with Gasteiger partial charge in [-0.05, 0) is 6.92 Å². The minimum atomic E-state index is -0.648. The summed E-state index contributed by atoms with van der Waals surface area (Å²) in [4.78, 5) is 27.2. The van der Waals surface area contributed by atoms with E-state index in [0.717, 1.165) is 0 Å².